The number of rotatable bonds is 18. The van der Waals surface area contributed by atoms with E-state index in [0.29, 0.717) is 25.3 Å². The second kappa shape index (κ2) is 19.0. The molecule has 0 spiro atoms. The largest absolute Gasteiger partial charge is 0.445 e. The van der Waals surface area contributed by atoms with E-state index in [9.17, 15) is 14.4 Å². The van der Waals surface area contributed by atoms with Crippen LogP contribution in [0.15, 0.2) is 79.3 Å². The zero-order chi connectivity index (χ0) is 35.1. The van der Waals surface area contributed by atoms with Crippen LogP contribution in [0.5, 0.6) is 0 Å². The third kappa shape index (κ3) is 12.6. The van der Waals surface area contributed by atoms with Gasteiger partial charge in [-0.3, -0.25) is 14.6 Å². The number of nitrogens with one attached hydrogen (secondary N) is 3. The number of likely N-dealkylation sites (N-methyl/N-ethyl adjacent to an activating group) is 1. The Morgan fingerprint density at radius 1 is 0.959 bits per heavy atom. The van der Waals surface area contributed by atoms with Crippen LogP contribution < -0.4 is 16.0 Å². The van der Waals surface area contributed by atoms with Gasteiger partial charge >= 0.3 is 13.1 Å². The summed E-state index contributed by atoms with van der Waals surface area (Å²) in [5.41, 5.74) is 1.69. The number of unbranched alkanes of at least 4 members (excludes halogenated alkanes) is 3. The highest BCUT2D eigenvalue weighted by Crippen LogP contribution is 2.30. The van der Waals surface area contributed by atoms with Gasteiger partial charge in [-0.05, 0) is 50.3 Å². The van der Waals surface area contributed by atoms with Crippen molar-refractivity contribution in [3.8, 4) is 0 Å². The van der Waals surface area contributed by atoms with Gasteiger partial charge in [-0.2, -0.15) is 0 Å². The van der Waals surface area contributed by atoms with Crippen LogP contribution in [0.1, 0.15) is 80.9 Å². The molecule has 0 saturated carbocycles. The molecule has 3 N–H and O–H groups in total. The molecule has 4 rings (SSSR count). The van der Waals surface area contributed by atoms with Crippen molar-refractivity contribution in [2.75, 3.05) is 20.1 Å². The van der Waals surface area contributed by atoms with E-state index >= 15 is 0 Å². The van der Waals surface area contributed by atoms with E-state index in [1.807, 2.05) is 67.7 Å². The maximum absolute atomic E-state index is 13.9. The predicted molar refractivity (Wildman–Crippen MR) is 190 cm³/mol. The van der Waals surface area contributed by atoms with Crippen molar-refractivity contribution in [2.24, 2.45) is 5.92 Å². The number of hydrogen-bond acceptors (Lipinski definition) is 8. The Balaban J connectivity index is 1.27. The number of benzene rings is 2. The number of nitrogens with zero attached hydrogens (tertiary/aromatic N) is 3. The second-order valence-corrected chi connectivity index (χ2v) is 13.6. The van der Waals surface area contributed by atoms with Crippen molar-refractivity contribution in [3.05, 3.63) is 96.1 Å². The van der Waals surface area contributed by atoms with Gasteiger partial charge in [0.2, 0.25) is 5.91 Å². The summed E-state index contributed by atoms with van der Waals surface area (Å²) in [6.07, 6.45) is 9.75. The Labute approximate surface area is 291 Å². The molecule has 3 atom stereocenters. The van der Waals surface area contributed by atoms with Crippen LogP contribution in [-0.4, -0.2) is 77.5 Å². The minimum Gasteiger partial charge on any atom is -0.445 e. The lowest BCUT2D eigenvalue weighted by Gasteiger charge is -2.29. The maximum atomic E-state index is 13.9. The molecule has 12 heteroatoms. The topological polar surface area (TPSA) is 135 Å². The van der Waals surface area contributed by atoms with E-state index in [1.165, 1.54) is 18.6 Å². The van der Waals surface area contributed by atoms with Gasteiger partial charge < -0.3 is 30.2 Å². The van der Waals surface area contributed by atoms with Gasteiger partial charge in [0, 0.05) is 31.9 Å². The summed E-state index contributed by atoms with van der Waals surface area (Å²) in [5, 5.41) is 8.97. The monoisotopic (exact) mass is 670 g/mol. The smallest absolute Gasteiger partial charge is 0.407 e. The van der Waals surface area contributed by atoms with Gasteiger partial charge in [0.05, 0.1) is 17.7 Å². The van der Waals surface area contributed by atoms with Crippen molar-refractivity contribution in [2.45, 2.75) is 89.9 Å². The van der Waals surface area contributed by atoms with Crippen LogP contribution in [0.3, 0.4) is 0 Å². The van der Waals surface area contributed by atoms with Crippen LogP contribution in [0.4, 0.5) is 4.79 Å². The Hall–Kier alpha value is -4.29. The summed E-state index contributed by atoms with van der Waals surface area (Å²) >= 11 is 0. The second-order valence-electron chi connectivity index (χ2n) is 13.6. The number of carbonyl (C=O) groups excluding carboxylic acids is 3. The summed E-state index contributed by atoms with van der Waals surface area (Å²) in [5.74, 6) is -0.695. The molecule has 0 bridgehead atoms. The van der Waals surface area contributed by atoms with Gasteiger partial charge in [-0.25, -0.2) is 9.78 Å². The molecule has 1 aliphatic rings. The summed E-state index contributed by atoms with van der Waals surface area (Å²) < 4.78 is 12.0. The lowest BCUT2D eigenvalue weighted by molar-refractivity contribution is -0.123. The number of hydrogen-bond donors (Lipinski definition) is 3. The van der Waals surface area contributed by atoms with E-state index < -0.39 is 18.0 Å². The summed E-state index contributed by atoms with van der Waals surface area (Å²) in [6, 6.07) is 18.4. The van der Waals surface area contributed by atoms with Gasteiger partial charge in [0.15, 0.2) is 0 Å². The van der Waals surface area contributed by atoms with E-state index in [-0.39, 0.29) is 36.8 Å². The number of alkyl carbamates (subject to hydrolysis) is 1. The first-order valence-corrected chi connectivity index (χ1v) is 17.4. The van der Waals surface area contributed by atoms with Crippen LogP contribution in [0, 0.1) is 5.92 Å². The zero-order valence-corrected chi connectivity index (χ0v) is 29.3. The highest BCUT2D eigenvalue weighted by molar-refractivity contribution is 6.51. The Bertz CT molecular complexity index is 1450. The van der Waals surface area contributed by atoms with E-state index in [0.717, 1.165) is 49.8 Å². The van der Waals surface area contributed by atoms with E-state index in [4.69, 9.17) is 9.39 Å². The molecule has 1 aromatic heterocycles. The lowest BCUT2D eigenvalue weighted by atomic mass is 9.68. The molecule has 1 aliphatic heterocycles. The predicted octanol–water partition coefficient (Wildman–Crippen LogP) is 4.97. The molecule has 1 saturated heterocycles. The fourth-order valence-corrected chi connectivity index (χ4v) is 6.25. The van der Waals surface area contributed by atoms with Crippen molar-refractivity contribution in [1.29, 1.82) is 0 Å². The number of carbonyl (C=O) groups is 3. The molecule has 3 aromatic rings. The Morgan fingerprint density at radius 2 is 1.65 bits per heavy atom. The average Bonchev–Trinajstić information content (AvgIpc) is 3.40. The highest BCUT2D eigenvalue weighted by Gasteiger charge is 2.47. The highest BCUT2D eigenvalue weighted by atomic mass is 16.5. The lowest BCUT2D eigenvalue weighted by Crippen LogP contribution is -2.58. The maximum Gasteiger partial charge on any atom is 0.407 e. The van der Waals surface area contributed by atoms with Crippen molar-refractivity contribution >= 4 is 25.0 Å². The fraction of sp³-hybridized carbons (Fsp3) is 0.486. The van der Waals surface area contributed by atoms with Crippen LogP contribution in [0.2, 0.25) is 0 Å². The summed E-state index contributed by atoms with van der Waals surface area (Å²) in [4.78, 5) is 49.2. The molecule has 49 heavy (non-hydrogen) atoms. The van der Waals surface area contributed by atoms with Gasteiger partial charge in [-0.15, -0.1) is 0 Å². The fourth-order valence-electron chi connectivity index (χ4n) is 6.25. The van der Waals surface area contributed by atoms with E-state index in [1.54, 1.807) is 0 Å². The molecule has 262 valence electrons. The first-order valence-electron chi connectivity index (χ1n) is 17.4. The number of ether oxygens (including phenoxy) is 1. The number of aromatic nitrogens is 2. The molecule has 1 fully saturated rings. The van der Waals surface area contributed by atoms with Crippen LogP contribution >= 0.6 is 0 Å². The Morgan fingerprint density at radius 3 is 2.33 bits per heavy atom. The average molecular weight is 671 g/mol. The van der Waals surface area contributed by atoms with Crippen LogP contribution in [0.25, 0.3) is 0 Å². The quantitative estimate of drug-likeness (QED) is 0.128. The summed E-state index contributed by atoms with van der Waals surface area (Å²) in [6.45, 7) is 7.98. The minimum absolute atomic E-state index is 0.152. The first-order chi connectivity index (χ1) is 23.6. The molecular formula is C37H51BN6O5. The number of amides is 3. The Kier molecular flexibility index (Phi) is 14.6. The normalized spacial score (nSPS) is 17.4. The SMILES string of the molecule is CC(C)CC(NC(=O)[C@H](Cc1ccccc1)NC(=O)c1cnccn1)B1OC(C)(CCCCCCNC(=O)OCc2ccccc2)CN1C. The summed E-state index contributed by atoms with van der Waals surface area (Å²) in [7, 11) is 1.73. The van der Waals surface area contributed by atoms with Gasteiger partial charge in [-0.1, -0.05) is 93.8 Å². The van der Waals surface area contributed by atoms with Gasteiger partial charge in [0.1, 0.15) is 18.3 Å². The third-order valence-corrected chi connectivity index (χ3v) is 8.64. The molecule has 3 amide bonds. The molecular weight excluding hydrogens is 619 g/mol. The third-order valence-electron chi connectivity index (χ3n) is 8.64. The first kappa shape index (κ1) is 37.5. The van der Waals surface area contributed by atoms with Gasteiger partial charge in [0.25, 0.3) is 5.91 Å². The minimum atomic E-state index is -0.815. The molecule has 2 unspecified atom stereocenters. The molecule has 0 radical (unpaired) electrons. The van der Waals surface area contributed by atoms with E-state index in [2.05, 4.69) is 51.5 Å². The molecule has 11 nitrogen and oxygen atoms in total. The zero-order valence-electron chi connectivity index (χ0n) is 29.3. The van der Waals surface area contributed by atoms with Crippen molar-refractivity contribution in [1.82, 2.24) is 30.7 Å². The standard InChI is InChI=1S/C37H51BN6O5/c1-28(2)23-33(43-34(45)31(24-29-15-9-7-10-16-29)42-35(46)32-25-39-21-22-40-32)38-44(4)27-37(3,49-38)19-13-5-6-14-20-41-36(47)48-26-30-17-11-8-12-18-30/h7-12,15-18,21-22,25,28,31,33H,5-6,13-14,19-20,23-24,26-27H2,1-4H3,(H,41,47)(H,42,46)(H,43,45)/t31-,33?,37?/m0/s1. The van der Waals surface area contributed by atoms with Crippen LogP contribution in [-0.2, 0) is 27.2 Å². The molecule has 2 heterocycles. The molecule has 0 aliphatic carbocycles. The molecule has 2 aromatic carbocycles. The van der Waals surface area contributed by atoms with Crippen molar-refractivity contribution in [3.63, 3.8) is 0 Å². The van der Waals surface area contributed by atoms with Crippen molar-refractivity contribution < 1.29 is 23.8 Å².